The number of fused-ring (bicyclic) bond motifs is 1. The van der Waals surface area contributed by atoms with Crippen LogP contribution in [0.4, 0.5) is 20.3 Å². The highest BCUT2D eigenvalue weighted by molar-refractivity contribution is 5.99. The van der Waals surface area contributed by atoms with E-state index in [-0.39, 0.29) is 17.3 Å². The number of aromatic nitrogens is 2. The van der Waals surface area contributed by atoms with Gasteiger partial charge in [-0.15, -0.1) is 0 Å². The summed E-state index contributed by atoms with van der Waals surface area (Å²) in [5, 5.41) is 13.3. The summed E-state index contributed by atoms with van der Waals surface area (Å²) in [5.74, 6) is -3.80. The molecule has 13 heteroatoms. The third-order valence-electron chi connectivity index (χ3n) is 5.80. The molecular weight excluding hydrogens is 502 g/mol. The van der Waals surface area contributed by atoms with Gasteiger partial charge in [0, 0.05) is 26.2 Å². The van der Waals surface area contributed by atoms with Crippen LogP contribution in [0.15, 0.2) is 52.0 Å². The van der Waals surface area contributed by atoms with E-state index in [4.69, 9.17) is 19.7 Å². The van der Waals surface area contributed by atoms with E-state index < -0.39 is 41.6 Å². The van der Waals surface area contributed by atoms with Gasteiger partial charge >= 0.3 is 5.97 Å². The first kappa shape index (κ1) is 24.7. The normalized spacial score (nSPS) is 13.1. The summed E-state index contributed by atoms with van der Waals surface area (Å²) in [4.78, 5) is 22.5. The first-order valence-electron chi connectivity index (χ1n) is 11.4. The molecule has 0 spiro atoms. The van der Waals surface area contributed by atoms with Crippen molar-refractivity contribution in [2.24, 2.45) is 4.99 Å². The molecular formula is C25H22F2N6O5. The second-order valence-corrected chi connectivity index (χ2v) is 8.53. The number of likely N-dealkylation sites (N-methyl/N-ethyl adjacent to an activating group) is 2. The minimum absolute atomic E-state index is 0.0984. The minimum atomic E-state index is -1.30. The maximum atomic E-state index is 15.5. The van der Waals surface area contributed by atoms with Crippen molar-refractivity contribution in [2.75, 3.05) is 44.4 Å². The highest BCUT2D eigenvalue weighted by Gasteiger charge is 2.27. The number of aliphatic carboxylic acids is 1. The van der Waals surface area contributed by atoms with Crippen LogP contribution in [-0.4, -0.2) is 65.7 Å². The molecule has 0 aliphatic carbocycles. The van der Waals surface area contributed by atoms with Crippen LogP contribution in [0.3, 0.4) is 0 Å². The highest BCUT2D eigenvalue weighted by atomic mass is 19.1. The Morgan fingerprint density at radius 1 is 1.16 bits per heavy atom. The Hall–Kier alpha value is -4.94. The van der Waals surface area contributed by atoms with Gasteiger partial charge in [0.1, 0.15) is 29.6 Å². The van der Waals surface area contributed by atoms with Crippen molar-refractivity contribution in [1.29, 1.82) is 0 Å². The molecule has 1 aliphatic heterocycles. The predicted octanol–water partition coefficient (Wildman–Crippen LogP) is 3.88. The summed E-state index contributed by atoms with van der Waals surface area (Å²) in [6.45, 7) is 0.722. The third kappa shape index (κ3) is 4.73. The van der Waals surface area contributed by atoms with Gasteiger partial charge < -0.3 is 34.6 Å². The molecule has 0 saturated carbocycles. The number of rotatable bonds is 8. The number of carboxylic acids is 1. The summed E-state index contributed by atoms with van der Waals surface area (Å²) in [5.41, 5.74) is 6.22. The van der Waals surface area contributed by atoms with Crippen LogP contribution < -0.4 is 20.1 Å². The molecule has 0 saturated heterocycles. The van der Waals surface area contributed by atoms with Crippen molar-refractivity contribution < 1.29 is 32.7 Å². The quantitative estimate of drug-likeness (QED) is 0.349. The number of ether oxygens (including phenoxy) is 2. The van der Waals surface area contributed by atoms with Gasteiger partial charge in [-0.05, 0) is 30.3 Å². The summed E-state index contributed by atoms with van der Waals surface area (Å²) in [6.07, 6.45) is 0. The van der Waals surface area contributed by atoms with Crippen LogP contribution in [0.1, 0.15) is 5.56 Å². The zero-order valence-electron chi connectivity index (χ0n) is 20.3. The molecule has 0 radical (unpaired) electrons. The Morgan fingerprint density at radius 3 is 2.53 bits per heavy atom. The van der Waals surface area contributed by atoms with Crippen molar-refractivity contribution >= 4 is 34.3 Å². The van der Waals surface area contributed by atoms with Crippen molar-refractivity contribution in [3.05, 3.63) is 59.7 Å². The number of benzene rings is 2. The molecule has 3 N–H and O–H groups in total. The van der Waals surface area contributed by atoms with Crippen LogP contribution in [0, 0.1) is 11.6 Å². The number of carboxylic acid groups (broad SMARTS) is 1. The van der Waals surface area contributed by atoms with Gasteiger partial charge in [-0.1, -0.05) is 17.3 Å². The van der Waals surface area contributed by atoms with E-state index in [0.29, 0.717) is 17.5 Å². The Morgan fingerprint density at radius 2 is 1.87 bits per heavy atom. The zero-order valence-corrected chi connectivity index (χ0v) is 20.3. The number of nitrogens with two attached hydrogens (primary N) is 1. The fourth-order valence-corrected chi connectivity index (χ4v) is 4.01. The number of aliphatic imine (C=N–C) groups is 1. The fraction of sp³-hybridized carbons (Fsp3) is 0.200. The van der Waals surface area contributed by atoms with Crippen LogP contribution in [0.25, 0.3) is 11.0 Å². The largest absolute Gasteiger partial charge is 0.480 e. The molecule has 3 heterocycles. The lowest BCUT2D eigenvalue weighted by molar-refractivity contribution is -0.135. The Labute approximate surface area is 214 Å². The number of nitrogen functional groups attached to an aromatic ring is 1. The molecule has 0 fully saturated rings. The number of hydrogen-bond acceptors (Lipinski definition) is 10. The number of anilines is 2. The number of hydrogen-bond donors (Lipinski definition) is 2. The van der Waals surface area contributed by atoms with Crippen molar-refractivity contribution in [1.82, 2.24) is 15.0 Å². The summed E-state index contributed by atoms with van der Waals surface area (Å²) in [6, 6.07) is 11.2. The van der Waals surface area contributed by atoms with Gasteiger partial charge in [-0.2, -0.15) is 13.8 Å². The SMILES string of the molecule is CN1CCN=C1c1cccc(Oc2nc(Oc3ccc4onc(N)c4c3)c(F)c(N(C)CC(=O)O)c2F)c1. The monoisotopic (exact) mass is 524 g/mol. The Balaban J connectivity index is 1.55. The van der Waals surface area contributed by atoms with Crippen molar-refractivity contribution in [3.63, 3.8) is 0 Å². The molecule has 196 valence electrons. The average molecular weight is 524 g/mol. The molecule has 5 rings (SSSR count). The standard InChI is InChI=1S/C25H22F2N6O5/c1-32-9-8-29-23(32)13-4-3-5-14(10-13)36-24-19(26)21(33(2)12-18(34)35)20(27)25(30-24)37-15-6-7-17-16(11-15)22(28)31-38-17/h3-7,10-11H,8-9,12H2,1-2H3,(H2,28,31)(H,34,35). The topological polar surface area (TPSA) is 140 Å². The second kappa shape index (κ2) is 9.84. The molecule has 0 bridgehead atoms. The maximum absolute atomic E-state index is 15.5. The number of halogens is 2. The second-order valence-electron chi connectivity index (χ2n) is 8.53. The molecule has 4 aromatic rings. The zero-order chi connectivity index (χ0) is 27.0. The van der Waals surface area contributed by atoms with Crippen molar-refractivity contribution in [2.45, 2.75) is 0 Å². The first-order chi connectivity index (χ1) is 18.2. The van der Waals surface area contributed by atoms with E-state index in [2.05, 4.69) is 15.1 Å². The van der Waals surface area contributed by atoms with E-state index in [1.165, 1.54) is 25.2 Å². The van der Waals surface area contributed by atoms with E-state index >= 15 is 8.78 Å². The average Bonchev–Trinajstić information content (AvgIpc) is 3.47. The Bertz CT molecular complexity index is 1570. The third-order valence-corrected chi connectivity index (χ3v) is 5.80. The van der Waals surface area contributed by atoms with Crippen LogP contribution in [-0.2, 0) is 4.79 Å². The van der Waals surface area contributed by atoms with E-state index in [0.717, 1.165) is 22.8 Å². The molecule has 2 aromatic heterocycles. The van der Waals surface area contributed by atoms with Gasteiger partial charge in [0.05, 0.1) is 11.9 Å². The smallest absolute Gasteiger partial charge is 0.323 e. The molecule has 11 nitrogen and oxygen atoms in total. The predicted molar refractivity (Wildman–Crippen MR) is 134 cm³/mol. The summed E-state index contributed by atoms with van der Waals surface area (Å²) in [7, 11) is 3.13. The number of carbonyl (C=O) groups is 1. The minimum Gasteiger partial charge on any atom is -0.480 e. The molecule has 0 unspecified atom stereocenters. The van der Waals surface area contributed by atoms with Crippen LogP contribution >= 0.6 is 0 Å². The molecule has 38 heavy (non-hydrogen) atoms. The van der Waals surface area contributed by atoms with Crippen LogP contribution in [0.2, 0.25) is 0 Å². The molecule has 0 amide bonds. The molecule has 1 aliphatic rings. The lowest BCUT2D eigenvalue weighted by atomic mass is 10.2. The van der Waals surface area contributed by atoms with Gasteiger partial charge in [0.25, 0.3) is 11.8 Å². The lowest BCUT2D eigenvalue weighted by Gasteiger charge is -2.21. The van der Waals surface area contributed by atoms with Gasteiger partial charge in [0.15, 0.2) is 11.4 Å². The van der Waals surface area contributed by atoms with Crippen molar-refractivity contribution in [3.8, 4) is 23.3 Å². The highest BCUT2D eigenvalue weighted by Crippen LogP contribution is 2.38. The van der Waals surface area contributed by atoms with Gasteiger partial charge in [-0.3, -0.25) is 9.79 Å². The van der Waals surface area contributed by atoms with Gasteiger partial charge in [0.2, 0.25) is 11.6 Å². The van der Waals surface area contributed by atoms with E-state index in [1.54, 1.807) is 18.2 Å². The number of amidine groups is 1. The van der Waals surface area contributed by atoms with E-state index in [9.17, 15) is 9.90 Å². The van der Waals surface area contributed by atoms with E-state index in [1.807, 2.05) is 18.0 Å². The molecule has 0 atom stereocenters. The summed E-state index contributed by atoms with van der Waals surface area (Å²) >= 11 is 0. The van der Waals surface area contributed by atoms with Gasteiger partial charge in [-0.25, -0.2) is 0 Å². The number of nitrogens with zero attached hydrogens (tertiary/aromatic N) is 5. The maximum Gasteiger partial charge on any atom is 0.323 e. The first-order valence-corrected chi connectivity index (χ1v) is 11.4. The Kier molecular flexibility index (Phi) is 6.41. The molecule has 2 aromatic carbocycles. The lowest BCUT2D eigenvalue weighted by Crippen LogP contribution is -2.27. The summed E-state index contributed by atoms with van der Waals surface area (Å²) < 4.78 is 47.4. The number of pyridine rings is 1. The fourth-order valence-electron chi connectivity index (χ4n) is 4.01. The van der Waals surface area contributed by atoms with Crippen LogP contribution in [0.5, 0.6) is 23.3 Å².